The lowest BCUT2D eigenvalue weighted by Gasteiger charge is -2.42. The van der Waals surface area contributed by atoms with Crippen LogP contribution in [-0.2, 0) is 66.5 Å². The van der Waals surface area contributed by atoms with Crippen LogP contribution in [0.15, 0.2) is 48.6 Å². The van der Waals surface area contributed by atoms with Gasteiger partial charge in [0.05, 0.1) is 92.0 Å². The first-order chi connectivity index (χ1) is 51.2. The molecule has 25 heteroatoms. The quantitative estimate of drug-likeness (QED) is 0.0200. The van der Waals surface area contributed by atoms with E-state index >= 15 is 0 Å². The molecular formula is C80H145N5O20. The number of allylic oxidation sites excluding steroid dienone is 8. The molecule has 3 aliphatic heterocycles. The van der Waals surface area contributed by atoms with E-state index in [2.05, 4.69) is 88.6 Å². The van der Waals surface area contributed by atoms with Crippen LogP contribution in [0, 0.1) is 0 Å². The molecule has 0 radical (unpaired) electrons. The van der Waals surface area contributed by atoms with E-state index in [4.69, 9.17) is 47.4 Å². The second-order valence-electron chi connectivity index (χ2n) is 28.3. The Hall–Kier alpha value is -3.84. The van der Waals surface area contributed by atoms with Crippen molar-refractivity contribution in [3.8, 4) is 0 Å². The predicted molar refractivity (Wildman–Crippen MR) is 407 cm³/mol. The molecule has 0 aromatic carbocycles. The van der Waals surface area contributed by atoms with E-state index in [1.54, 1.807) is 0 Å². The van der Waals surface area contributed by atoms with Crippen LogP contribution in [0.25, 0.3) is 0 Å². The highest BCUT2D eigenvalue weighted by Gasteiger charge is 2.47. The van der Waals surface area contributed by atoms with E-state index in [0.717, 1.165) is 110 Å². The first-order valence-corrected chi connectivity index (χ1v) is 40.7. The van der Waals surface area contributed by atoms with Crippen molar-refractivity contribution in [1.82, 2.24) is 26.2 Å². The van der Waals surface area contributed by atoms with E-state index in [1.165, 1.54) is 129 Å². The van der Waals surface area contributed by atoms with Gasteiger partial charge in [0.25, 0.3) is 0 Å². The Labute approximate surface area is 630 Å². The standard InChI is InChI=1S/C80H145N5O20/c1-5-7-9-11-13-15-17-19-21-23-25-27-29-31-33-39-45-80(46-40-34-32-30-28-26-24-22-20-18-16-14-12-10-8-6-2)102-64-67(105-80)61-85(49-41-35-37-43-70(90)81-47-51-96-53-55-98-57-59-100-78-72(83-65(3)88)76(94)74(92)68(62-86)103-78)50-42-36-38-44-71(91)82-48-52-97-54-56-99-58-60-101-79-73(84-66(4)89)77(95)75(93)69(63-87)104-79/h13-16,19-22,67-69,72-79,86-87,92-95H,5-12,17-18,23-64H2,1-4H3,(H,81,90)(H,82,91)(H,83,88)(H,84,89)/b15-13-,16-14-,21-19-,22-20-/t67-,68?,69?,72?,73?,74-,75-,76?,77?,78+,79+/m0/s1. The Morgan fingerprint density at radius 1 is 0.448 bits per heavy atom. The number of amides is 4. The zero-order valence-electron chi connectivity index (χ0n) is 65.1. The van der Waals surface area contributed by atoms with Gasteiger partial charge in [0.15, 0.2) is 18.4 Å². The molecule has 0 aromatic heterocycles. The van der Waals surface area contributed by atoms with Gasteiger partial charge >= 0.3 is 0 Å². The molecule has 0 saturated carbocycles. The number of carbonyl (C=O) groups is 4. The number of nitrogens with one attached hydrogen (secondary N) is 4. The second-order valence-corrected chi connectivity index (χ2v) is 28.3. The molecule has 6 unspecified atom stereocenters. The minimum Gasteiger partial charge on any atom is -0.394 e. The van der Waals surface area contributed by atoms with Crippen LogP contribution in [-0.4, -0.2) is 251 Å². The van der Waals surface area contributed by atoms with Gasteiger partial charge in [-0.25, -0.2) is 0 Å². The summed E-state index contributed by atoms with van der Waals surface area (Å²) >= 11 is 0. The number of aliphatic hydroxyl groups is 6. The number of aliphatic hydroxyl groups excluding tert-OH is 6. The third kappa shape index (κ3) is 47.1. The van der Waals surface area contributed by atoms with Crippen LogP contribution >= 0.6 is 0 Å². The van der Waals surface area contributed by atoms with E-state index in [9.17, 15) is 49.8 Å². The molecule has 3 saturated heterocycles. The molecule has 25 nitrogen and oxygen atoms in total. The number of unbranched alkanes of at least 4 members (excludes halogenated alkanes) is 22. The molecule has 0 aliphatic carbocycles. The summed E-state index contributed by atoms with van der Waals surface area (Å²) in [4.78, 5) is 51.6. The highest BCUT2D eigenvalue weighted by Crippen LogP contribution is 2.36. The van der Waals surface area contributed by atoms with Gasteiger partial charge in [0, 0.05) is 59.2 Å². The SMILES string of the molecule is CCCCC/C=C\C/C=C\CCCCCCCCC1(CCCCCCCC/C=C\C/C=C\CCCCC)OC[C@H](CN(CCCCCC(=O)NCCOCCOCCO[C@@H]2OC(CO)[C@H](O)C(O)C2NC(C)=O)CCCCCC(=O)NCCOCCOCCO[C@@H]2OC(CO)[C@H](O)C(O)C2NC(C)=O)O1. The molecule has 3 fully saturated rings. The molecular weight excluding hydrogens is 1350 g/mol. The summed E-state index contributed by atoms with van der Waals surface area (Å²) in [5.74, 6) is -1.51. The fourth-order valence-corrected chi connectivity index (χ4v) is 13.1. The van der Waals surface area contributed by atoms with Gasteiger partial charge in [-0.2, -0.15) is 0 Å². The van der Waals surface area contributed by atoms with Gasteiger partial charge in [0.2, 0.25) is 23.6 Å². The number of hydrogen-bond acceptors (Lipinski definition) is 21. The molecule has 0 bridgehead atoms. The van der Waals surface area contributed by atoms with Crippen LogP contribution in [0.2, 0.25) is 0 Å². The maximum Gasteiger partial charge on any atom is 0.220 e. The molecule has 3 rings (SSSR count). The summed E-state index contributed by atoms with van der Waals surface area (Å²) in [5, 5.41) is 71.5. The van der Waals surface area contributed by atoms with Crippen LogP contribution in [0.3, 0.4) is 0 Å². The van der Waals surface area contributed by atoms with Gasteiger partial charge in [-0.3, -0.25) is 19.2 Å². The first kappa shape index (κ1) is 95.4. The number of rotatable bonds is 68. The van der Waals surface area contributed by atoms with Crippen LogP contribution in [0.4, 0.5) is 0 Å². The summed E-state index contributed by atoms with van der Waals surface area (Å²) in [6.07, 6.45) is 45.2. The fraction of sp³-hybridized carbons (Fsp3) is 0.850. The summed E-state index contributed by atoms with van der Waals surface area (Å²) in [6.45, 7) is 11.9. The van der Waals surface area contributed by atoms with E-state index in [-0.39, 0.29) is 70.8 Å². The van der Waals surface area contributed by atoms with Crippen molar-refractivity contribution in [1.29, 1.82) is 0 Å². The average molecular weight is 1500 g/mol. The Balaban J connectivity index is 1.46. The van der Waals surface area contributed by atoms with Gasteiger partial charge in [-0.15, -0.1) is 0 Å². The molecule has 105 heavy (non-hydrogen) atoms. The molecule has 610 valence electrons. The maximum absolute atomic E-state index is 12.9. The lowest BCUT2D eigenvalue weighted by Crippen LogP contribution is -2.64. The molecule has 0 aromatic rings. The Morgan fingerprint density at radius 3 is 1.20 bits per heavy atom. The Bertz CT molecular complexity index is 2130. The molecule has 4 amide bonds. The summed E-state index contributed by atoms with van der Waals surface area (Å²) in [6, 6.07) is -2.06. The minimum absolute atomic E-state index is 0.0299. The third-order valence-electron chi connectivity index (χ3n) is 19.1. The lowest BCUT2D eigenvalue weighted by atomic mass is 9.97. The summed E-state index contributed by atoms with van der Waals surface area (Å²) in [5.41, 5.74) is 0. The first-order valence-electron chi connectivity index (χ1n) is 40.7. The van der Waals surface area contributed by atoms with E-state index in [0.29, 0.717) is 45.8 Å². The monoisotopic (exact) mass is 1500 g/mol. The largest absolute Gasteiger partial charge is 0.394 e. The minimum atomic E-state index is -1.40. The average Bonchev–Trinajstić information content (AvgIpc) is 1.38. The smallest absolute Gasteiger partial charge is 0.220 e. The van der Waals surface area contributed by atoms with Crippen LogP contribution in [0.5, 0.6) is 0 Å². The number of nitrogens with zero attached hydrogens (tertiary/aromatic N) is 1. The predicted octanol–water partition coefficient (Wildman–Crippen LogP) is 9.15. The van der Waals surface area contributed by atoms with Crippen molar-refractivity contribution < 1.29 is 97.2 Å². The number of ether oxygens (including phenoxy) is 10. The van der Waals surface area contributed by atoms with Crippen molar-refractivity contribution in [2.45, 2.75) is 319 Å². The van der Waals surface area contributed by atoms with Gasteiger partial charge < -0.3 is 104 Å². The second kappa shape index (κ2) is 63.9. The molecule has 11 atom stereocenters. The highest BCUT2D eigenvalue weighted by atomic mass is 16.7. The van der Waals surface area contributed by atoms with E-state index in [1.807, 2.05) is 0 Å². The van der Waals surface area contributed by atoms with Crippen molar-refractivity contribution in [3.05, 3.63) is 48.6 Å². The van der Waals surface area contributed by atoms with Crippen molar-refractivity contribution in [2.24, 2.45) is 0 Å². The van der Waals surface area contributed by atoms with Crippen molar-refractivity contribution in [2.75, 3.05) is 119 Å². The summed E-state index contributed by atoms with van der Waals surface area (Å²) < 4.78 is 58.9. The van der Waals surface area contributed by atoms with Crippen molar-refractivity contribution >= 4 is 23.6 Å². The fourth-order valence-electron chi connectivity index (χ4n) is 13.1. The van der Waals surface area contributed by atoms with Gasteiger partial charge in [0.1, 0.15) is 48.7 Å². The molecule has 0 spiro atoms. The Kier molecular flexibility index (Phi) is 58.0. The normalized spacial score (nSPS) is 22.7. The van der Waals surface area contributed by atoms with E-state index < -0.39 is 92.1 Å². The molecule has 3 heterocycles. The van der Waals surface area contributed by atoms with Crippen molar-refractivity contribution in [3.63, 3.8) is 0 Å². The number of carbonyl (C=O) groups excluding carboxylic acids is 4. The Morgan fingerprint density at radius 2 is 0.810 bits per heavy atom. The topological polar surface area (TPSA) is 333 Å². The zero-order chi connectivity index (χ0) is 76.1. The highest BCUT2D eigenvalue weighted by molar-refractivity contribution is 5.76. The van der Waals surface area contributed by atoms with Gasteiger partial charge in [-0.05, 0) is 116 Å². The zero-order valence-corrected chi connectivity index (χ0v) is 65.1. The van der Waals surface area contributed by atoms with Crippen LogP contribution in [0.1, 0.15) is 246 Å². The maximum atomic E-state index is 12.9. The number of hydrogen-bond donors (Lipinski definition) is 10. The molecule has 3 aliphatic rings. The molecule has 10 N–H and O–H groups in total. The van der Waals surface area contributed by atoms with Gasteiger partial charge in [-0.1, -0.05) is 152 Å². The third-order valence-corrected chi connectivity index (χ3v) is 19.1. The lowest BCUT2D eigenvalue weighted by molar-refractivity contribution is -0.272. The van der Waals surface area contributed by atoms with Crippen LogP contribution < -0.4 is 21.3 Å². The summed E-state index contributed by atoms with van der Waals surface area (Å²) in [7, 11) is 0.